The third-order valence-corrected chi connectivity index (χ3v) is 15.7. The fraction of sp³-hybridized carbons (Fsp3) is 0.293. The van der Waals surface area contributed by atoms with Crippen LogP contribution >= 0.6 is 12.4 Å². The molecule has 4 unspecified atom stereocenters. The monoisotopic (exact) mass is 1470 g/mol. The average Bonchev–Trinajstić information content (AvgIpc) is 1.07. The lowest BCUT2D eigenvalue weighted by Gasteiger charge is -2.26. The van der Waals surface area contributed by atoms with E-state index >= 15 is 0 Å². The topological polar surface area (TPSA) is 411 Å². The number of carbonyl (C=O) groups is 11. The molecule has 2 radical (unpaired) electrons. The molecular formula is C75H84BClN12O17. The van der Waals surface area contributed by atoms with E-state index in [-0.39, 0.29) is 70.2 Å². The van der Waals surface area contributed by atoms with Crippen molar-refractivity contribution in [2.45, 2.75) is 127 Å². The highest BCUT2D eigenvalue weighted by Gasteiger charge is 2.34. The fourth-order valence-corrected chi connectivity index (χ4v) is 10.3. The molecule has 2 heterocycles. The SMILES string of the molecule is CCCC(NC(=O)[C@@H](N)Cc1cn(C(=O)OCc2ccccc2)cn1)C(O)C(=O)NCC(=O)N[C@H](C(=O)OCc1ccccc1)c1ccccc1.Cl.[B]C(=O)N[C@@H](Cc1cn(C(=O)OCc2ccccc2)cn1)C(=O)NC(CCC)C(O)C(=O)NCC(=O)N[C@H](C(=O)OCc1ccccc1)c1ccccc1. The summed E-state index contributed by atoms with van der Waals surface area (Å²) in [5.41, 5.74) is 10.7. The summed E-state index contributed by atoms with van der Waals surface area (Å²) in [7, 11) is 5.32. The van der Waals surface area contributed by atoms with Crippen molar-refractivity contribution in [2.24, 2.45) is 5.73 Å². The number of aliphatic hydroxyl groups is 2. The van der Waals surface area contributed by atoms with E-state index in [4.69, 9.17) is 32.5 Å². The Morgan fingerprint density at radius 2 is 0.774 bits per heavy atom. The summed E-state index contributed by atoms with van der Waals surface area (Å²) in [5.74, 6) is -7.21. The van der Waals surface area contributed by atoms with Crippen molar-refractivity contribution >= 4 is 85.6 Å². The lowest BCUT2D eigenvalue weighted by atomic mass is 10.0. The highest BCUT2D eigenvalue weighted by atomic mass is 35.5. The molecule has 106 heavy (non-hydrogen) atoms. The van der Waals surface area contributed by atoms with E-state index in [1.54, 1.807) is 123 Å². The maximum atomic E-state index is 13.4. The van der Waals surface area contributed by atoms with Crippen LogP contribution in [0.1, 0.15) is 96.4 Å². The van der Waals surface area contributed by atoms with Gasteiger partial charge in [-0.2, -0.15) is 0 Å². The molecule has 8 rings (SSSR count). The number of carbonyl (C=O) groups excluding carboxylic acids is 11. The van der Waals surface area contributed by atoms with Crippen LogP contribution in [0.3, 0.4) is 0 Å². The van der Waals surface area contributed by atoms with Gasteiger partial charge in [-0.25, -0.2) is 38.3 Å². The largest absolute Gasteiger partial charge is 0.459 e. The maximum Gasteiger partial charge on any atom is 0.419 e. The number of hydrogen-bond donors (Lipinski definition) is 10. The van der Waals surface area contributed by atoms with Gasteiger partial charge in [-0.15, -0.1) is 12.4 Å². The van der Waals surface area contributed by atoms with E-state index in [1.165, 1.54) is 25.0 Å². The molecule has 2 aromatic heterocycles. The first-order chi connectivity index (χ1) is 50.7. The molecule has 11 N–H and O–H groups in total. The van der Waals surface area contributed by atoms with E-state index in [9.17, 15) is 63.0 Å². The Labute approximate surface area is 618 Å². The Kier molecular flexibility index (Phi) is 34.5. The smallest absolute Gasteiger partial charge is 0.419 e. The first-order valence-electron chi connectivity index (χ1n) is 33.6. The molecule has 29 nitrogen and oxygen atoms in total. The lowest BCUT2D eigenvalue weighted by Crippen LogP contribution is -2.56. The van der Waals surface area contributed by atoms with Crippen LogP contribution in [0.5, 0.6) is 0 Å². The van der Waals surface area contributed by atoms with E-state index in [0.29, 0.717) is 29.7 Å². The van der Waals surface area contributed by atoms with Crippen LogP contribution in [-0.2, 0) is 96.6 Å². The van der Waals surface area contributed by atoms with E-state index in [0.717, 1.165) is 31.4 Å². The minimum Gasteiger partial charge on any atom is -0.459 e. The fourth-order valence-electron chi connectivity index (χ4n) is 10.3. The van der Waals surface area contributed by atoms with Gasteiger partial charge in [0.1, 0.15) is 45.1 Å². The van der Waals surface area contributed by atoms with Crippen LogP contribution in [0.15, 0.2) is 207 Å². The number of ether oxygens (including phenoxy) is 4. The van der Waals surface area contributed by atoms with Gasteiger partial charge in [0.15, 0.2) is 30.1 Å². The number of nitrogens with zero attached hydrogens (tertiary/aromatic N) is 4. The quantitative estimate of drug-likeness (QED) is 0.0143. The first-order valence-corrected chi connectivity index (χ1v) is 33.6. The second-order valence-electron chi connectivity index (χ2n) is 23.8. The van der Waals surface area contributed by atoms with Crippen LogP contribution in [0.2, 0.25) is 0 Å². The second-order valence-corrected chi connectivity index (χ2v) is 23.8. The van der Waals surface area contributed by atoms with Crippen LogP contribution in [0.25, 0.3) is 0 Å². The average molecular weight is 1470 g/mol. The summed E-state index contributed by atoms with van der Waals surface area (Å²) in [6.45, 7) is 2.49. The maximum absolute atomic E-state index is 13.4. The molecule has 6 aromatic carbocycles. The van der Waals surface area contributed by atoms with Gasteiger partial charge in [-0.1, -0.05) is 209 Å². The van der Waals surface area contributed by atoms with Gasteiger partial charge in [-0.3, -0.25) is 33.6 Å². The predicted molar refractivity (Wildman–Crippen MR) is 388 cm³/mol. The normalized spacial score (nSPS) is 12.9. The number of hydrogen-bond acceptors (Lipinski definition) is 20. The summed E-state index contributed by atoms with van der Waals surface area (Å²) in [6.07, 6.45) is 1.36. The zero-order valence-electron chi connectivity index (χ0n) is 58.1. The number of nitrogens with two attached hydrogens (primary N) is 1. The Morgan fingerprint density at radius 3 is 1.12 bits per heavy atom. The molecule has 0 spiro atoms. The minimum atomic E-state index is -1.81. The molecule has 0 aliphatic heterocycles. The lowest BCUT2D eigenvalue weighted by molar-refractivity contribution is -0.149. The van der Waals surface area contributed by atoms with Crippen molar-refractivity contribution in [3.8, 4) is 0 Å². The number of nitrogens with one attached hydrogen (secondary N) is 7. The van der Waals surface area contributed by atoms with Crippen molar-refractivity contribution in [3.63, 3.8) is 0 Å². The standard InChI is InChI=1S/C38H41BN6O9.C37H42N6O8.ClH/c1-2-12-29(42-34(48)30(43-37(39)51)19-28-21-45(24-41-28)38(52)54-23-26-15-8-4-9-16-26)33(47)35(49)40-20-31(46)44-32(27-17-10-5-11-18-27)36(50)53-22-25-13-6-3-7-14-25;1-2-12-30(41-34(46)29(38)19-28-21-43(24-40-28)37(49)51-23-26-15-8-4-9-16-26)33(45)35(47)39-20-31(44)42-32(27-17-10-5-11-18-27)36(48)50-22-25-13-6-3-7-14-25;/h3-11,13-18,21,24,29-30,32-33,47H,2,12,19-20,22-23H2,1H3,(H,40,49)(H,42,48)(H,43,51)(H,44,46);3-11,13-18,21,24,29-30,32-33,45H,2,12,19-20,22-23,38H2,1H3,(H,39,47)(H,41,46)(H,42,44);1H/t29?,30-,32-,33?;29-,30?,32-,33?;/m00./s1. The molecular weight excluding hydrogens is 1390 g/mol. The number of aromatic nitrogens is 4. The highest BCUT2D eigenvalue weighted by molar-refractivity contribution is 6.57. The third-order valence-electron chi connectivity index (χ3n) is 15.7. The summed E-state index contributed by atoms with van der Waals surface area (Å²) >= 11 is 0. The van der Waals surface area contributed by atoms with Crippen LogP contribution in [-0.4, -0.2) is 152 Å². The zero-order valence-corrected chi connectivity index (χ0v) is 58.9. The van der Waals surface area contributed by atoms with Gasteiger partial charge in [0.05, 0.1) is 42.6 Å². The minimum absolute atomic E-state index is 0. The van der Waals surface area contributed by atoms with Gasteiger partial charge in [-0.05, 0) is 46.2 Å². The van der Waals surface area contributed by atoms with Crippen molar-refractivity contribution in [1.82, 2.24) is 56.3 Å². The molecule has 0 saturated heterocycles. The molecule has 556 valence electrons. The third kappa shape index (κ3) is 27.7. The van der Waals surface area contributed by atoms with Crippen molar-refractivity contribution in [3.05, 3.63) is 252 Å². The van der Waals surface area contributed by atoms with Crippen LogP contribution in [0.4, 0.5) is 14.4 Å². The van der Waals surface area contributed by atoms with Gasteiger partial charge >= 0.3 is 24.1 Å². The predicted octanol–water partition coefficient (Wildman–Crippen LogP) is 4.94. The number of halogens is 1. The van der Waals surface area contributed by atoms with Gasteiger partial charge < -0.3 is 72.1 Å². The van der Waals surface area contributed by atoms with E-state index in [1.807, 2.05) is 72.8 Å². The van der Waals surface area contributed by atoms with E-state index < -0.39 is 127 Å². The number of imidazole rings is 2. The van der Waals surface area contributed by atoms with Gasteiger partial charge in [0, 0.05) is 25.2 Å². The number of amides is 7. The van der Waals surface area contributed by atoms with Crippen molar-refractivity contribution in [1.29, 1.82) is 0 Å². The molecule has 8 aromatic rings. The molecule has 0 aliphatic rings. The molecule has 0 saturated carbocycles. The number of esters is 2. The summed E-state index contributed by atoms with van der Waals surface area (Å²) < 4.78 is 23.7. The molecule has 31 heteroatoms. The van der Waals surface area contributed by atoms with Gasteiger partial charge in [0.2, 0.25) is 31.5 Å². The van der Waals surface area contributed by atoms with Crippen LogP contribution < -0.4 is 43.0 Å². The Bertz CT molecular complexity index is 4130. The second kappa shape index (κ2) is 43.9. The Balaban J connectivity index is 0.000000330. The van der Waals surface area contributed by atoms with Crippen LogP contribution in [0, 0.1) is 0 Å². The van der Waals surface area contributed by atoms with Crippen molar-refractivity contribution < 1.29 is 81.9 Å². The van der Waals surface area contributed by atoms with E-state index in [2.05, 4.69) is 47.2 Å². The zero-order chi connectivity index (χ0) is 75.5. The highest BCUT2D eigenvalue weighted by Crippen LogP contribution is 2.19. The Hall–Kier alpha value is -11.9. The number of aliphatic hydroxyl groups excluding tert-OH is 2. The van der Waals surface area contributed by atoms with Crippen molar-refractivity contribution in [2.75, 3.05) is 13.1 Å². The Morgan fingerprint density at radius 1 is 0.443 bits per heavy atom. The molecule has 0 bridgehead atoms. The molecule has 7 amide bonds. The number of rotatable bonds is 35. The summed E-state index contributed by atoms with van der Waals surface area (Å²) in [5, 5.41) is 39.1. The summed E-state index contributed by atoms with van der Waals surface area (Å²) in [4.78, 5) is 149. The number of benzene rings is 6. The molecule has 0 aliphatic carbocycles. The summed E-state index contributed by atoms with van der Waals surface area (Å²) in [6, 6.07) is 46.3. The molecule has 8 atom stereocenters. The molecule has 0 fully saturated rings. The van der Waals surface area contributed by atoms with Gasteiger partial charge in [0.25, 0.3) is 11.8 Å². The first kappa shape index (κ1) is 83.1.